The third-order valence-electron chi connectivity index (χ3n) is 12.1. The molecule has 0 saturated carbocycles. The summed E-state index contributed by atoms with van der Waals surface area (Å²) in [5, 5.41) is 0. The van der Waals surface area contributed by atoms with Gasteiger partial charge in [-0.3, -0.25) is 61.6 Å². The summed E-state index contributed by atoms with van der Waals surface area (Å²) in [7, 11) is -0.761. The van der Waals surface area contributed by atoms with Gasteiger partial charge in [0.05, 0.1) is 0 Å². The van der Waals surface area contributed by atoms with Crippen molar-refractivity contribution >= 4 is 0 Å². The Balaban J connectivity index is 8.29. The van der Waals surface area contributed by atoms with Crippen molar-refractivity contribution in [3.63, 3.8) is 0 Å². The standard InChI is InChI=1S/C43H18F70O14/c1-114-31(88,89)3(18(49,50)51)116-33(92,93)5(20(55,56)57)118-35(96,97)7(22(61,62)63)120-37(100,101)9(24(67,68)69)122-39(104,105)11(26(73,74)75)124-41(108,109)13(28(79,80)81)126-43(112,113)15(30(85,86)87)127-42(110,111)14(29(82,83)84)125-40(106,107)12(27(76,77)78)123-38(102,103)10(25(70,71)72)121-36(98,99)8(23(64,65)66)119-34(94,95)6(21(58,59)60)117-32(90,91)4(19(52,53)54)115-17(47,48)2-16(44,45)46/h3-15H,2H2,1H3. The van der Waals surface area contributed by atoms with Gasteiger partial charge in [0.15, 0.2) is 0 Å². The van der Waals surface area contributed by atoms with Gasteiger partial charge in [0.2, 0.25) is 79.4 Å². The second kappa shape index (κ2) is 36.7. The van der Waals surface area contributed by atoms with Crippen molar-refractivity contribution in [1.82, 2.24) is 0 Å². The molecule has 764 valence electrons. The van der Waals surface area contributed by atoms with E-state index in [0.29, 0.717) is 0 Å². The fourth-order valence-electron chi connectivity index (χ4n) is 7.42. The number of methoxy groups -OCH3 is 1. The molecule has 0 aromatic rings. The fraction of sp³-hybridized carbons (Fsp3) is 1.00. The molecule has 13 atom stereocenters. The molecule has 14 nitrogen and oxygen atoms in total. The molecule has 0 fully saturated rings. The number of halogens is 70. The molecule has 0 saturated heterocycles. The molecule has 0 radical (unpaired) electrons. The number of alkyl halides is 70. The van der Waals surface area contributed by atoms with Crippen LogP contribution >= 0.6 is 0 Å². The van der Waals surface area contributed by atoms with Gasteiger partial charge in [-0.1, -0.05) is 0 Å². The summed E-state index contributed by atoms with van der Waals surface area (Å²) < 4.78 is 1000. The van der Waals surface area contributed by atoms with Crippen molar-refractivity contribution in [2.75, 3.05) is 7.11 Å². The number of ether oxygens (including phenoxy) is 14. The van der Waals surface area contributed by atoms with Crippen molar-refractivity contribution in [2.45, 2.75) is 258 Å². The van der Waals surface area contributed by atoms with Crippen LogP contribution < -0.4 is 0 Å². The third kappa shape index (κ3) is 33.6. The largest absolute Gasteiger partial charge is 0.423 e. The average molecular weight is 2090 g/mol. The van der Waals surface area contributed by atoms with Crippen molar-refractivity contribution in [2.24, 2.45) is 0 Å². The fourth-order valence-corrected chi connectivity index (χ4v) is 7.42. The van der Waals surface area contributed by atoms with E-state index in [1.807, 2.05) is 9.47 Å². The van der Waals surface area contributed by atoms with Gasteiger partial charge in [-0.15, -0.1) is 0 Å². The van der Waals surface area contributed by atoms with Crippen LogP contribution in [-0.2, 0) is 66.3 Å². The van der Waals surface area contributed by atoms with Gasteiger partial charge in [-0.2, -0.15) is 307 Å². The summed E-state index contributed by atoms with van der Waals surface area (Å²) in [5.74, 6) is 0. The lowest BCUT2D eigenvalue weighted by molar-refractivity contribution is -0.510. The van der Waals surface area contributed by atoms with Crippen LogP contribution in [0, 0.1) is 0 Å². The molecule has 0 rings (SSSR count). The second-order valence-electron chi connectivity index (χ2n) is 22.5. The number of hydrogen-bond acceptors (Lipinski definition) is 14. The molecule has 0 aromatic heterocycles. The maximum absolute atomic E-state index is 15.0. The van der Waals surface area contributed by atoms with E-state index in [4.69, 9.17) is 0 Å². The van der Waals surface area contributed by atoms with Crippen molar-refractivity contribution < 1.29 is 374 Å². The highest BCUT2D eigenvalue weighted by atomic mass is 19.5. The van der Waals surface area contributed by atoms with E-state index >= 15 is 35.1 Å². The topological polar surface area (TPSA) is 129 Å². The zero-order valence-electron chi connectivity index (χ0n) is 55.4. The van der Waals surface area contributed by atoms with Crippen LogP contribution in [0.25, 0.3) is 0 Å². The van der Waals surface area contributed by atoms with Crippen molar-refractivity contribution in [3.05, 3.63) is 0 Å². The normalized spacial score (nSPS) is 19.2. The van der Waals surface area contributed by atoms with Crippen LogP contribution in [-0.4, -0.2) is 258 Å². The molecule has 0 bridgehead atoms. The Morgan fingerprint density at radius 1 is 0.126 bits per heavy atom. The van der Waals surface area contributed by atoms with Crippen LogP contribution in [0.2, 0.25) is 0 Å². The minimum atomic E-state index is -9.06. The maximum atomic E-state index is 15.0. The summed E-state index contributed by atoms with van der Waals surface area (Å²) in [6.45, 7) is 0. The minimum Gasteiger partial charge on any atom is -0.322 e. The van der Waals surface area contributed by atoms with Gasteiger partial charge in [-0.05, 0) is 0 Å². The van der Waals surface area contributed by atoms with E-state index < -0.39 is 265 Å². The highest BCUT2D eigenvalue weighted by molar-refractivity contribution is 4.97. The van der Waals surface area contributed by atoms with Crippen LogP contribution in [0.4, 0.5) is 307 Å². The van der Waals surface area contributed by atoms with Gasteiger partial charge in [0, 0.05) is 7.11 Å². The molecule has 0 aliphatic carbocycles. The molecule has 13 unspecified atom stereocenters. The lowest BCUT2D eigenvalue weighted by Gasteiger charge is -2.40. The molecule has 0 spiro atoms. The van der Waals surface area contributed by atoms with E-state index in [0.717, 1.165) is 0 Å². The van der Waals surface area contributed by atoms with Crippen LogP contribution in [0.3, 0.4) is 0 Å². The van der Waals surface area contributed by atoms with Gasteiger partial charge < -0.3 is 4.74 Å². The monoisotopic (exact) mass is 2090 g/mol. The van der Waals surface area contributed by atoms with E-state index in [2.05, 4.69) is 4.74 Å². The van der Waals surface area contributed by atoms with E-state index in [9.17, 15) is 272 Å². The zero-order valence-corrected chi connectivity index (χ0v) is 55.4. The molecule has 84 heteroatoms. The minimum absolute atomic E-state index is 0.761. The molecule has 127 heavy (non-hydrogen) atoms. The SMILES string of the molecule is COC(F)(F)C(OC(F)(F)C(OC(F)(F)C(OC(F)(F)C(OC(F)(F)C(OC(F)(F)C(OC(F)(F)C(OC(F)(F)C(OC(F)(F)C(OC(F)(F)C(OC(F)(F)C(OC(F)(F)C(OC(F)(F)C(OC(F)(F)CC(F)(F)F)C(F)(F)F)C(F)(F)F)C(F)(F)F)C(F)(F)F)C(F)(F)F)C(F)(F)F)C(F)(F)F)C(F)(F)F)C(F)(F)F)C(F)(F)F)C(F)(F)F)C(F)(F)F)C(F)(F)F. The van der Waals surface area contributed by atoms with Gasteiger partial charge in [0.1, 0.15) is 6.42 Å². The molecule has 0 aliphatic heterocycles. The molecule has 0 aromatic carbocycles. The molecular weight excluding hydrogens is 2070 g/mol. The van der Waals surface area contributed by atoms with Gasteiger partial charge in [0.25, 0.3) is 0 Å². The Morgan fingerprint density at radius 2 is 0.205 bits per heavy atom. The zero-order chi connectivity index (χ0) is 103. The van der Waals surface area contributed by atoms with E-state index in [1.165, 1.54) is 42.6 Å². The van der Waals surface area contributed by atoms with Gasteiger partial charge >= 0.3 is 172 Å². The van der Waals surface area contributed by atoms with Crippen LogP contribution in [0.5, 0.6) is 0 Å². The number of rotatable bonds is 41. The number of hydrogen-bond donors (Lipinski definition) is 0. The first kappa shape index (κ1) is 122. The lowest BCUT2D eigenvalue weighted by atomic mass is 10.2. The van der Waals surface area contributed by atoms with E-state index in [1.54, 1.807) is 9.47 Å². The molecule has 0 amide bonds. The summed E-state index contributed by atoms with van der Waals surface area (Å²) in [6, 6.07) is 0. The molecule has 0 N–H and O–H groups in total. The first-order valence-electron chi connectivity index (χ1n) is 27.8. The van der Waals surface area contributed by atoms with Crippen LogP contribution in [0.15, 0.2) is 0 Å². The molecule has 0 heterocycles. The Morgan fingerprint density at radius 3 is 0.276 bits per heavy atom. The lowest BCUT2D eigenvalue weighted by Crippen LogP contribution is -2.64. The summed E-state index contributed by atoms with van der Waals surface area (Å²) in [6.07, 6.45) is -336. The first-order chi connectivity index (χ1) is 54.2. The Hall–Kier alpha value is -5.46. The predicted molar refractivity (Wildman–Crippen MR) is 229 cm³/mol. The molecular formula is C43H18F70O14. The maximum Gasteiger partial charge on any atom is 0.423 e. The smallest absolute Gasteiger partial charge is 0.322 e. The molecule has 0 aliphatic rings. The average Bonchev–Trinajstić information content (AvgIpc) is 0.751. The van der Waals surface area contributed by atoms with Crippen molar-refractivity contribution in [1.29, 1.82) is 0 Å². The Bertz CT molecular complexity index is 3380. The highest BCUT2D eigenvalue weighted by Crippen LogP contribution is 2.58. The van der Waals surface area contributed by atoms with E-state index in [-0.39, 0.29) is 0 Å². The quantitative estimate of drug-likeness (QED) is 0.0538. The highest BCUT2D eigenvalue weighted by Gasteiger charge is 2.81. The first-order valence-corrected chi connectivity index (χ1v) is 27.8. The van der Waals surface area contributed by atoms with Gasteiger partial charge in [-0.25, -0.2) is 0 Å². The summed E-state index contributed by atoms with van der Waals surface area (Å²) in [5.41, 5.74) is 0. The summed E-state index contributed by atoms with van der Waals surface area (Å²) >= 11 is 0. The second-order valence-corrected chi connectivity index (χ2v) is 22.5. The summed E-state index contributed by atoms with van der Waals surface area (Å²) in [4.78, 5) is 0. The predicted octanol–water partition coefficient (Wildman–Crippen LogP) is 22.2. The Kier molecular flexibility index (Phi) is 35.2. The Labute approximate surface area is 639 Å². The third-order valence-corrected chi connectivity index (χ3v) is 12.1. The van der Waals surface area contributed by atoms with Crippen molar-refractivity contribution in [3.8, 4) is 0 Å². The van der Waals surface area contributed by atoms with Crippen LogP contribution in [0.1, 0.15) is 6.42 Å².